The molecule has 188 valence electrons. The molecule has 2 aromatic carbocycles. The minimum Gasteiger partial charge on any atom is -0.507 e. The molecule has 0 saturated carbocycles. The normalized spacial score (nSPS) is 16.0. The molecule has 2 atom stereocenters. The van der Waals surface area contributed by atoms with Gasteiger partial charge in [0.25, 0.3) is 11.8 Å². The number of amides is 3. The first kappa shape index (κ1) is 26.3. The maximum absolute atomic E-state index is 13.5. The number of ketones is 2. The van der Waals surface area contributed by atoms with E-state index in [1.165, 1.54) is 31.2 Å². The number of nitrogens with one attached hydrogen (secondary N) is 2. The second-order valence-corrected chi connectivity index (χ2v) is 8.77. The molecule has 0 radical (unpaired) electrons. The predicted octanol–water partition coefficient (Wildman–Crippen LogP) is 1.39. The number of carbonyl (C=O) groups is 6. The third-order valence-electron chi connectivity index (χ3n) is 5.83. The number of hydrogen-bond acceptors (Lipinski definition) is 7. The summed E-state index contributed by atoms with van der Waals surface area (Å²) in [6, 6.07) is 6.89. The number of aldehydes is 1. The lowest BCUT2D eigenvalue weighted by atomic mass is 10.0. The highest BCUT2D eigenvalue weighted by Crippen LogP contribution is 2.28. The van der Waals surface area contributed by atoms with Crippen LogP contribution >= 0.6 is 0 Å². The van der Waals surface area contributed by atoms with Gasteiger partial charge in [0, 0.05) is 24.0 Å². The molecule has 3 rings (SSSR count). The van der Waals surface area contributed by atoms with E-state index in [9.17, 15) is 33.9 Å². The number of Topliss-reactive ketones (excluding diaryl/α,β-unsaturated/α-hetero) is 2. The number of rotatable bonds is 8. The number of para-hydroxylation sites is 1. The lowest BCUT2D eigenvalue weighted by Crippen LogP contribution is -2.52. The molecule has 0 aromatic heterocycles. The van der Waals surface area contributed by atoms with Crippen LogP contribution in [0.15, 0.2) is 36.4 Å². The fourth-order valence-electron chi connectivity index (χ4n) is 4.08. The molecule has 10 heteroatoms. The minimum absolute atomic E-state index is 0.0540. The number of phenolic OH excluding ortho intramolecular Hbond substituents is 1. The molecule has 3 N–H and O–H groups in total. The summed E-state index contributed by atoms with van der Waals surface area (Å²) in [6.07, 6.45) is -0.0782. The number of hydrogen-bond donors (Lipinski definition) is 3. The lowest BCUT2D eigenvalue weighted by Gasteiger charge is -2.26. The Morgan fingerprint density at radius 2 is 1.78 bits per heavy atom. The van der Waals surface area contributed by atoms with Crippen LogP contribution < -0.4 is 15.5 Å². The van der Waals surface area contributed by atoms with Crippen LogP contribution in [0.1, 0.15) is 51.6 Å². The zero-order chi connectivity index (χ0) is 26.6. The van der Waals surface area contributed by atoms with Gasteiger partial charge in [-0.2, -0.15) is 0 Å². The summed E-state index contributed by atoms with van der Waals surface area (Å²) in [7, 11) is 0. The summed E-state index contributed by atoms with van der Waals surface area (Å²) in [4.78, 5) is 75.8. The monoisotopic (exact) mass is 493 g/mol. The van der Waals surface area contributed by atoms with Crippen molar-refractivity contribution in [2.45, 2.75) is 45.7 Å². The Hall–Kier alpha value is -4.34. The molecular weight excluding hydrogens is 466 g/mol. The number of carbonyl (C=O) groups excluding carboxylic acids is 6. The zero-order valence-corrected chi connectivity index (χ0v) is 20.2. The number of phenols is 1. The maximum atomic E-state index is 13.5. The summed E-state index contributed by atoms with van der Waals surface area (Å²) in [5.41, 5.74) is 1.56. The van der Waals surface area contributed by atoms with Crippen LogP contribution in [-0.4, -0.2) is 59.3 Å². The fraction of sp³-hybridized carbons (Fsp3) is 0.308. The van der Waals surface area contributed by atoms with E-state index in [0.717, 1.165) is 4.90 Å². The van der Waals surface area contributed by atoms with Gasteiger partial charge >= 0.3 is 0 Å². The first-order valence-electron chi connectivity index (χ1n) is 11.3. The molecule has 0 unspecified atom stereocenters. The molecule has 1 aliphatic heterocycles. The first-order chi connectivity index (χ1) is 17.0. The van der Waals surface area contributed by atoms with Gasteiger partial charge in [-0.15, -0.1) is 0 Å². The molecule has 0 spiro atoms. The number of fused-ring (bicyclic) bond motifs is 1. The van der Waals surface area contributed by atoms with Crippen LogP contribution in [0.5, 0.6) is 5.75 Å². The second kappa shape index (κ2) is 10.9. The van der Waals surface area contributed by atoms with Gasteiger partial charge in [0.2, 0.25) is 5.91 Å². The number of anilines is 1. The van der Waals surface area contributed by atoms with E-state index in [1.54, 1.807) is 26.0 Å². The van der Waals surface area contributed by atoms with Crippen LogP contribution in [0.3, 0.4) is 0 Å². The second-order valence-electron chi connectivity index (χ2n) is 8.77. The zero-order valence-electron chi connectivity index (χ0n) is 20.2. The Balaban J connectivity index is 1.89. The van der Waals surface area contributed by atoms with Crippen LogP contribution in [0.2, 0.25) is 0 Å². The van der Waals surface area contributed by atoms with Crippen molar-refractivity contribution >= 4 is 41.3 Å². The summed E-state index contributed by atoms with van der Waals surface area (Å²) in [6.45, 7) is 4.02. The van der Waals surface area contributed by atoms with Crippen LogP contribution in [0, 0.1) is 13.8 Å². The van der Waals surface area contributed by atoms with Crippen molar-refractivity contribution in [2.24, 2.45) is 0 Å². The van der Waals surface area contributed by atoms with Gasteiger partial charge in [0.15, 0.2) is 5.78 Å². The van der Waals surface area contributed by atoms with E-state index in [-0.39, 0.29) is 41.2 Å². The first-order valence-corrected chi connectivity index (χ1v) is 11.3. The standard InChI is InChI=1S/C26H27N3O7/c1-14-8-17(9-15(2)24(14)34)25(35)28-20-11-22(32)19-6-4-5-7-21(19)29(26(20)36)12-23(33)27-18(13-30)10-16(3)31/h4-9,13,18,20,34H,10-12H2,1-3H3,(H,27,33)(H,28,35)/t18-,20-/m0/s1. The van der Waals surface area contributed by atoms with Gasteiger partial charge < -0.3 is 25.4 Å². The van der Waals surface area contributed by atoms with Crippen molar-refractivity contribution in [3.8, 4) is 5.75 Å². The molecule has 10 nitrogen and oxygen atoms in total. The van der Waals surface area contributed by atoms with Crippen molar-refractivity contribution in [1.82, 2.24) is 10.6 Å². The van der Waals surface area contributed by atoms with E-state index in [4.69, 9.17) is 0 Å². The Labute approximate surface area is 207 Å². The highest BCUT2D eigenvalue weighted by atomic mass is 16.3. The number of nitrogens with zero attached hydrogens (tertiary/aromatic N) is 1. The van der Waals surface area contributed by atoms with Crippen molar-refractivity contribution in [2.75, 3.05) is 11.4 Å². The van der Waals surface area contributed by atoms with Gasteiger partial charge in [-0.05, 0) is 56.2 Å². The molecule has 0 saturated heterocycles. The van der Waals surface area contributed by atoms with Gasteiger partial charge in [-0.25, -0.2) is 0 Å². The molecule has 36 heavy (non-hydrogen) atoms. The topological polar surface area (TPSA) is 150 Å². The van der Waals surface area contributed by atoms with E-state index in [1.807, 2.05) is 0 Å². The maximum Gasteiger partial charge on any atom is 0.251 e. The quantitative estimate of drug-likeness (QED) is 0.470. The van der Waals surface area contributed by atoms with E-state index < -0.39 is 42.1 Å². The van der Waals surface area contributed by atoms with Crippen molar-refractivity contribution in [3.63, 3.8) is 0 Å². The number of aromatic hydroxyl groups is 1. The largest absolute Gasteiger partial charge is 0.507 e. The number of aryl methyl sites for hydroxylation is 2. The summed E-state index contributed by atoms with van der Waals surface area (Å²) in [5.74, 6) is -2.65. The van der Waals surface area contributed by atoms with Crippen LogP contribution in [-0.2, 0) is 19.2 Å². The Bertz CT molecular complexity index is 1230. The highest BCUT2D eigenvalue weighted by molar-refractivity contribution is 6.15. The van der Waals surface area contributed by atoms with Gasteiger partial charge in [0.1, 0.15) is 30.4 Å². The van der Waals surface area contributed by atoms with Crippen LogP contribution in [0.25, 0.3) is 0 Å². The van der Waals surface area contributed by atoms with Crippen molar-refractivity contribution in [3.05, 3.63) is 58.7 Å². The highest BCUT2D eigenvalue weighted by Gasteiger charge is 2.36. The van der Waals surface area contributed by atoms with Gasteiger partial charge in [-0.1, -0.05) is 12.1 Å². The van der Waals surface area contributed by atoms with Crippen molar-refractivity contribution < 1.29 is 33.9 Å². The Morgan fingerprint density at radius 3 is 2.39 bits per heavy atom. The molecule has 0 fully saturated rings. The molecule has 2 aromatic rings. The third kappa shape index (κ3) is 5.83. The predicted molar refractivity (Wildman–Crippen MR) is 130 cm³/mol. The fourth-order valence-corrected chi connectivity index (χ4v) is 4.08. The van der Waals surface area contributed by atoms with Crippen LogP contribution in [0.4, 0.5) is 5.69 Å². The Kier molecular flexibility index (Phi) is 7.98. The average molecular weight is 494 g/mol. The smallest absolute Gasteiger partial charge is 0.251 e. The lowest BCUT2D eigenvalue weighted by molar-refractivity contribution is -0.126. The third-order valence-corrected chi connectivity index (χ3v) is 5.83. The van der Waals surface area contributed by atoms with E-state index >= 15 is 0 Å². The van der Waals surface area contributed by atoms with Gasteiger partial charge in [-0.3, -0.25) is 24.0 Å². The average Bonchev–Trinajstić information content (AvgIpc) is 2.92. The summed E-state index contributed by atoms with van der Waals surface area (Å²) in [5, 5.41) is 15.0. The van der Waals surface area contributed by atoms with E-state index in [2.05, 4.69) is 10.6 Å². The number of benzene rings is 2. The van der Waals surface area contributed by atoms with Crippen molar-refractivity contribution in [1.29, 1.82) is 0 Å². The minimum atomic E-state index is -1.27. The Morgan fingerprint density at radius 1 is 1.14 bits per heavy atom. The summed E-state index contributed by atoms with van der Waals surface area (Å²) >= 11 is 0. The summed E-state index contributed by atoms with van der Waals surface area (Å²) < 4.78 is 0. The molecular formula is C26H27N3O7. The van der Waals surface area contributed by atoms with E-state index in [0.29, 0.717) is 17.4 Å². The van der Waals surface area contributed by atoms with Gasteiger partial charge in [0.05, 0.1) is 11.7 Å². The molecule has 0 aliphatic carbocycles. The molecule has 1 aliphatic rings. The molecule has 0 bridgehead atoms. The molecule has 3 amide bonds. The molecule has 1 heterocycles. The SMILES string of the molecule is CC(=O)C[C@@H](C=O)NC(=O)CN1C(=O)[C@@H](NC(=O)c2cc(C)c(O)c(C)c2)CC(=O)c2ccccc21.